The Morgan fingerprint density at radius 2 is 1.58 bits per heavy atom. The Bertz CT molecular complexity index is 614. The van der Waals surface area contributed by atoms with E-state index in [2.05, 4.69) is 5.32 Å². The van der Waals surface area contributed by atoms with Crippen molar-refractivity contribution in [3.05, 3.63) is 64.5 Å². The molecule has 0 aromatic heterocycles. The lowest BCUT2D eigenvalue weighted by Crippen LogP contribution is -2.14. The lowest BCUT2D eigenvalue weighted by molar-refractivity contribution is 0.102. The summed E-state index contributed by atoms with van der Waals surface area (Å²) in [6, 6.07) is 10.2. The van der Waals surface area contributed by atoms with Gasteiger partial charge in [0.2, 0.25) is 0 Å². The van der Waals surface area contributed by atoms with Gasteiger partial charge < -0.3 is 5.32 Å². The van der Waals surface area contributed by atoms with Crippen molar-refractivity contribution >= 4 is 11.6 Å². The number of benzene rings is 2. The number of rotatable bonds is 2. The molecule has 19 heavy (non-hydrogen) atoms. The Morgan fingerprint density at radius 3 is 2.21 bits per heavy atom. The van der Waals surface area contributed by atoms with Crippen molar-refractivity contribution in [3.8, 4) is 0 Å². The molecule has 0 unspecified atom stereocenters. The molecule has 1 N–H and O–H groups in total. The standard InChI is InChI=1S/C16H16FNO/c1-10-4-5-15(17)14(9-10)16(19)18-13-7-11(2)6-12(3)8-13/h4-9H,1-3H3,(H,18,19). The summed E-state index contributed by atoms with van der Waals surface area (Å²) in [6.07, 6.45) is 0. The zero-order valence-corrected chi connectivity index (χ0v) is 11.3. The maximum absolute atomic E-state index is 13.6. The molecule has 0 aliphatic rings. The van der Waals surface area contributed by atoms with Crippen LogP contribution in [0.3, 0.4) is 0 Å². The summed E-state index contributed by atoms with van der Waals surface area (Å²) < 4.78 is 13.6. The summed E-state index contributed by atoms with van der Waals surface area (Å²) in [5.41, 5.74) is 3.72. The molecule has 0 heterocycles. The van der Waals surface area contributed by atoms with Crippen LogP contribution in [0.5, 0.6) is 0 Å². The van der Waals surface area contributed by atoms with Crippen molar-refractivity contribution in [1.29, 1.82) is 0 Å². The first-order valence-corrected chi connectivity index (χ1v) is 6.11. The minimum atomic E-state index is -0.507. The molecule has 0 radical (unpaired) electrons. The molecule has 2 aromatic rings. The zero-order valence-electron chi connectivity index (χ0n) is 11.3. The fraction of sp³-hybridized carbons (Fsp3) is 0.188. The average Bonchev–Trinajstić information content (AvgIpc) is 2.30. The predicted octanol–water partition coefficient (Wildman–Crippen LogP) is 4.00. The number of nitrogens with one attached hydrogen (secondary N) is 1. The molecule has 0 saturated heterocycles. The highest BCUT2D eigenvalue weighted by Crippen LogP contribution is 2.16. The summed E-state index contributed by atoms with van der Waals surface area (Å²) in [5, 5.41) is 2.73. The smallest absolute Gasteiger partial charge is 0.258 e. The largest absolute Gasteiger partial charge is 0.322 e. The lowest BCUT2D eigenvalue weighted by Gasteiger charge is -2.08. The fourth-order valence-electron chi connectivity index (χ4n) is 2.06. The van der Waals surface area contributed by atoms with Gasteiger partial charge in [0.15, 0.2) is 0 Å². The summed E-state index contributed by atoms with van der Waals surface area (Å²) in [5.74, 6) is -0.932. The second-order valence-corrected chi connectivity index (χ2v) is 4.81. The summed E-state index contributed by atoms with van der Waals surface area (Å²) in [6.45, 7) is 5.73. The molecule has 0 aliphatic carbocycles. The summed E-state index contributed by atoms with van der Waals surface area (Å²) >= 11 is 0. The van der Waals surface area contributed by atoms with E-state index in [0.717, 1.165) is 16.7 Å². The molecule has 0 aliphatic heterocycles. The second kappa shape index (κ2) is 5.22. The number of amides is 1. The van der Waals surface area contributed by atoms with Crippen LogP contribution in [0, 0.1) is 26.6 Å². The van der Waals surface area contributed by atoms with E-state index >= 15 is 0 Å². The zero-order chi connectivity index (χ0) is 14.0. The molecule has 0 fully saturated rings. The van der Waals surface area contributed by atoms with Crippen LogP contribution in [0.4, 0.5) is 10.1 Å². The van der Waals surface area contributed by atoms with Crippen LogP contribution in [-0.4, -0.2) is 5.91 Å². The monoisotopic (exact) mass is 257 g/mol. The first-order chi connectivity index (χ1) is 8.95. The van der Waals surface area contributed by atoms with Gasteiger partial charge in [-0.2, -0.15) is 0 Å². The molecule has 0 saturated carbocycles. The third-order valence-electron chi connectivity index (χ3n) is 2.85. The van der Waals surface area contributed by atoms with E-state index in [4.69, 9.17) is 0 Å². The number of hydrogen-bond donors (Lipinski definition) is 1. The van der Waals surface area contributed by atoms with Gasteiger partial charge in [-0.3, -0.25) is 4.79 Å². The van der Waals surface area contributed by atoms with E-state index in [1.807, 2.05) is 39.0 Å². The first kappa shape index (κ1) is 13.3. The number of halogens is 1. The Balaban J connectivity index is 2.28. The molecule has 2 nitrogen and oxygen atoms in total. The summed E-state index contributed by atoms with van der Waals surface area (Å²) in [7, 11) is 0. The van der Waals surface area contributed by atoms with Crippen molar-refractivity contribution in [3.63, 3.8) is 0 Å². The van der Waals surface area contributed by atoms with E-state index in [1.54, 1.807) is 12.1 Å². The molecule has 0 bridgehead atoms. The molecule has 98 valence electrons. The quantitative estimate of drug-likeness (QED) is 0.865. The van der Waals surface area contributed by atoms with E-state index in [1.165, 1.54) is 6.07 Å². The molecule has 2 rings (SSSR count). The van der Waals surface area contributed by atoms with Crippen LogP contribution >= 0.6 is 0 Å². The Labute approximate surface area is 112 Å². The van der Waals surface area contributed by atoms with Crippen LogP contribution in [0.15, 0.2) is 36.4 Å². The molecular weight excluding hydrogens is 241 g/mol. The highest BCUT2D eigenvalue weighted by atomic mass is 19.1. The first-order valence-electron chi connectivity index (χ1n) is 6.11. The molecule has 1 amide bonds. The molecular formula is C16H16FNO. The van der Waals surface area contributed by atoms with Crippen molar-refractivity contribution in [2.75, 3.05) is 5.32 Å². The van der Waals surface area contributed by atoms with Crippen molar-refractivity contribution in [2.24, 2.45) is 0 Å². The normalized spacial score (nSPS) is 10.3. The SMILES string of the molecule is Cc1cc(C)cc(NC(=O)c2cc(C)ccc2F)c1. The number of carbonyl (C=O) groups excluding carboxylic acids is 1. The number of anilines is 1. The van der Waals surface area contributed by atoms with E-state index in [0.29, 0.717) is 5.69 Å². The number of carbonyl (C=O) groups is 1. The second-order valence-electron chi connectivity index (χ2n) is 4.81. The van der Waals surface area contributed by atoms with Crippen LogP contribution in [0.1, 0.15) is 27.0 Å². The highest BCUT2D eigenvalue weighted by molar-refractivity contribution is 6.04. The Kier molecular flexibility index (Phi) is 3.65. The van der Waals surface area contributed by atoms with Crippen LogP contribution in [0.25, 0.3) is 0 Å². The molecule has 0 spiro atoms. The van der Waals surface area contributed by atoms with Crippen LogP contribution < -0.4 is 5.32 Å². The lowest BCUT2D eigenvalue weighted by atomic mass is 10.1. The molecule has 2 aromatic carbocycles. The van der Waals surface area contributed by atoms with Crippen molar-refractivity contribution < 1.29 is 9.18 Å². The van der Waals surface area contributed by atoms with Gasteiger partial charge in [-0.1, -0.05) is 17.7 Å². The van der Waals surface area contributed by atoms with E-state index in [-0.39, 0.29) is 5.56 Å². The highest BCUT2D eigenvalue weighted by Gasteiger charge is 2.12. The van der Waals surface area contributed by atoms with Gasteiger partial charge in [-0.25, -0.2) is 4.39 Å². The Morgan fingerprint density at radius 1 is 0.947 bits per heavy atom. The summed E-state index contributed by atoms with van der Waals surface area (Å²) in [4.78, 5) is 12.1. The maximum atomic E-state index is 13.6. The third-order valence-corrected chi connectivity index (χ3v) is 2.85. The maximum Gasteiger partial charge on any atom is 0.258 e. The van der Waals surface area contributed by atoms with Crippen molar-refractivity contribution in [1.82, 2.24) is 0 Å². The topological polar surface area (TPSA) is 29.1 Å². The van der Waals surface area contributed by atoms with Gasteiger partial charge in [0.1, 0.15) is 5.82 Å². The van der Waals surface area contributed by atoms with E-state index < -0.39 is 11.7 Å². The van der Waals surface area contributed by atoms with Crippen molar-refractivity contribution in [2.45, 2.75) is 20.8 Å². The average molecular weight is 257 g/mol. The molecule has 0 atom stereocenters. The van der Waals surface area contributed by atoms with Gasteiger partial charge >= 0.3 is 0 Å². The van der Waals surface area contributed by atoms with Gasteiger partial charge in [0.05, 0.1) is 5.56 Å². The Hall–Kier alpha value is -2.16. The van der Waals surface area contributed by atoms with Crippen LogP contribution in [0.2, 0.25) is 0 Å². The minimum Gasteiger partial charge on any atom is -0.322 e. The third kappa shape index (κ3) is 3.19. The van der Waals surface area contributed by atoms with Gasteiger partial charge in [-0.05, 0) is 56.2 Å². The predicted molar refractivity (Wildman–Crippen MR) is 75.0 cm³/mol. The minimum absolute atomic E-state index is 0.0687. The molecule has 3 heteroatoms. The van der Waals surface area contributed by atoms with Crippen LogP contribution in [-0.2, 0) is 0 Å². The van der Waals surface area contributed by atoms with E-state index in [9.17, 15) is 9.18 Å². The van der Waals surface area contributed by atoms with Gasteiger partial charge in [0, 0.05) is 5.69 Å². The number of aryl methyl sites for hydroxylation is 3. The number of hydrogen-bond acceptors (Lipinski definition) is 1. The van der Waals surface area contributed by atoms with Gasteiger partial charge in [0.25, 0.3) is 5.91 Å². The van der Waals surface area contributed by atoms with Gasteiger partial charge in [-0.15, -0.1) is 0 Å². The fourth-order valence-corrected chi connectivity index (χ4v) is 2.06.